The van der Waals surface area contributed by atoms with Gasteiger partial charge in [-0.25, -0.2) is 13.6 Å². The van der Waals surface area contributed by atoms with Gasteiger partial charge in [-0.1, -0.05) is 0 Å². The normalized spacial score (nSPS) is 12.4. The van der Waals surface area contributed by atoms with Crippen molar-refractivity contribution in [3.8, 4) is 0 Å². The first-order chi connectivity index (χ1) is 3.25. The second kappa shape index (κ2) is 3.04. The van der Waals surface area contributed by atoms with E-state index in [1.54, 1.807) is 0 Å². The highest BCUT2D eigenvalue weighted by molar-refractivity contribution is 7.90. The van der Waals surface area contributed by atoms with E-state index in [1.807, 2.05) is 0 Å². The number of sulfonamides is 1. The predicted octanol–water partition coefficient (Wildman–Crippen LogP) is -1.12. The summed E-state index contributed by atoms with van der Waals surface area (Å²) < 4.78 is 51.2. The van der Waals surface area contributed by atoms with Crippen molar-refractivity contribution in [2.75, 3.05) is 0 Å². The number of hydrogen-bond donors (Lipinski definition) is 1. The lowest BCUT2D eigenvalue weighted by Crippen LogP contribution is -2.30. The molecule has 0 saturated carbocycles. The Balaban J connectivity index is 0. The quantitative estimate of drug-likeness (QED) is 0.474. The van der Waals surface area contributed by atoms with Gasteiger partial charge in [-0.15, -0.1) is 0 Å². The Morgan fingerprint density at radius 3 is 1.33 bits per heavy atom. The predicted molar refractivity (Wildman–Crippen MR) is 27.7 cm³/mol. The van der Waals surface area contributed by atoms with Gasteiger partial charge in [0.2, 0.25) is 0 Å². The lowest BCUT2D eigenvalue weighted by atomic mass is 11.6. The highest BCUT2D eigenvalue weighted by atomic mass is 32.2. The highest BCUT2D eigenvalue weighted by Crippen LogP contribution is 2.18. The Bertz CT molecular complexity index is 171. The van der Waals surface area contributed by atoms with E-state index < -0.39 is 15.5 Å². The van der Waals surface area contributed by atoms with Crippen LogP contribution in [0.25, 0.3) is 0 Å². The molecule has 0 amide bonds. The molecule has 0 atom stereocenters. The SMILES string of the molecule is NS(=O)(=O)C(F)(F)F.[MgH2]. The van der Waals surface area contributed by atoms with Crippen LogP contribution >= 0.6 is 0 Å². The Morgan fingerprint density at radius 1 is 1.22 bits per heavy atom. The van der Waals surface area contributed by atoms with Gasteiger partial charge in [-0.2, -0.15) is 13.2 Å². The van der Waals surface area contributed by atoms with Crippen molar-refractivity contribution in [2.24, 2.45) is 5.14 Å². The molecule has 0 fully saturated rings. The molecule has 0 bridgehead atoms. The molecule has 0 radical (unpaired) electrons. The first-order valence-electron chi connectivity index (χ1n) is 1.34. The van der Waals surface area contributed by atoms with Crippen molar-refractivity contribution in [2.45, 2.75) is 5.51 Å². The molecule has 54 valence electrons. The number of primary sulfonamides is 1. The van der Waals surface area contributed by atoms with E-state index in [1.165, 1.54) is 0 Å². The maximum absolute atomic E-state index is 10.8. The molecule has 9 heavy (non-hydrogen) atoms. The van der Waals surface area contributed by atoms with Gasteiger partial charge in [0.25, 0.3) is 0 Å². The van der Waals surface area contributed by atoms with Crippen molar-refractivity contribution < 1.29 is 21.6 Å². The second-order valence-corrected chi connectivity index (χ2v) is 2.54. The fourth-order valence-electron chi connectivity index (χ4n) is 0. The zero-order valence-corrected chi connectivity index (χ0v) is 4.25. The topological polar surface area (TPSA) is 60.2 Å². The third-order valence-corrected chi connectivity index (χ3v) is 0.968. The molecule has 0 heterocycles. The summed E-state index contributed by atoms with van der Waals surface area (Å²) in [5.41, 5.74) is -5.31. The molecule has 0 aromatic rings. The van der Waals surface area contributed by atoms with Gasteiger partial charge in [0.15, 0.2) is 0 Å². The van der Waals surface area contributed by atoms with Crippen LogP contribution in [0.4, 0.5) is 13.2 Å². The molecule has 0 aliphatic heterocycles. The van der Waals surface area contributed by atoms with E-state index in [0.29, 0.717) is 0 Å². The molecule has 0 spiro atoms. The van der Waals surface area contributed by atoms with E-state index in [0.717, 1.165) is 0 Å². The average Bonchev–Trinajstić information content (AvgIpc) is 1.25. The average molecular weight is 175 g/mol. The number of hydrogen-bond acceptors (Lipinski definition) is 2. The number of halogens is 3. The molecule has 0 rings (SSSR count). The van der Waals surface area contributed by atoms with Gasteiger partial charge in [-0.05, 0) is 0 Å². The van der Waals surface area contributed by atoms with E-state index in [2.05, 4.69) is 5.14 Å². The molecular formula is CH4F3MgNO2S. The van der Waals surface area contributed by atoms with Crippen LogP contribution in [0.5, 0.6) is 0 Å². The summed E-state index contributed by atoms with van der Waals surface area (Å²) in [4.78, 5) is 0. The van der Waals surface area contributed by atoms with Crippen LogP contribution in [0.15, 0.2) is 0 Å². The van der Waals surface area contributed by atoms with Gasteiger partial charge in [0.1, 0.15) is 0 Å². The summed E-state index contributed by atoms with van der Waals surface area (Å²) in [5, 5.41) is 3.66. The summed E-state index contributed by atoms with van der Waals surface area (Å²) in [7, 11) is -5.34. The zero-order valence-electron chi connectivity index (χ0n) is 3.44. The Morgan fingerprint density at radius 2 is 1.33 bits per heavy atom. The van der Waals surface area contributed by atoms with Crippen molar-refractivity contribution >= 4 is 33.1 Å². The van der Waals surface area contributed by atoms with E-state index in [-0.39, 0.29) is 23.1 Å². The second-order valence-electron chi connectivity index (χ2n) is 0.991. The highest BCUT2D eigenvalue weighted by Gasteiger charge is 2.42. The zero-order chi connectivity index (χ0) is 7.00. The Hall–Kier alpha value is 0.466. The van der Waals surface area contributed by atoms with Crippen molar-refractivity contribution in [1.29, 1.82) is 0 Å². The van der Waals surface area contributed by atoms with Crippen LogP contribution in [0.2, 0.25) is 0 Å². The summed E-state index contributed by atoms with van der Waals surface area (Å²) in [5.74, 6) is 0. The summed E-state index contributed by atoms with van der Waals surface area (Å²) in [6.45, 7) is 0. The van der Waals surface area contributed by atoms with Crippen LogP contribution in [0.3, 0.4) is 0 Å². The molecule has 3 nitrogen and oxygen atoms in total. The summed E-state index contributed by atoms with van der Waals surface area (Å²) in [6.07, 6.45) is 0. The first kappa shape index (κ1) is 12.2. The number of rotatable bonds is 0. The largest absolute Gasteiger partial charge is 0.511 e. The lowest BCUT2D eigenvalue weighted by molar-refractivity contribution is -0.0436. The molecular weight excluding hydrogens is 171 g/mol. The monoisotopic (exact) mass is 175 g/mol. The molecule has 0 aliphatic carbocycles. The molecule has 0 unspecified atom stereocenters. The minimum Gasteiger partial charge on any atom is -0.221 e. The van der Waals surface area contributed by atoms with Crippen LogP contribution in [0, 0.1) is 0 Å². The molecule has 0 aromatic carbocycles. The standard InChI is InChI=1S/CH2F3NO2S.Mg.2H/c2-1(3,4)8(5,6)7;;;/h(H2,5,6,7);;;. The maximum atomic E-state index is 10.8. The van der Waals surface area contributed by atoms with Gasteiger partial charge >= 0.3 is 38.6 Å². The van der Waals surface area contributed by atoms with E-state index in [9.17, 15) is 21.6 Å². The molecule has 0 aliphatic rings. The fourth-order valence-corrected chi connectivity index (χ4v) is 0. The smallest absolute Gasteiger partial charge is 0.221 e. The van der Waals surface area contributed by atoms with Crippen molar-refractivity contribution in [3.63, 3.8) is 0 Å². The summed E-state index contributed by atoms with van der Waals surface area (Å²) >= 11 is 0. The van der Waals surface area contributed by atoms with Gasteiger partial charge in [0.05, 0.1) is 0 Å². The number of alkyl halides is 3. The summed E-state index contributed by atoms with van der Waals surface area (Å²) in [6, 6.07) is 0. The molecule has 0 aromatic heterocycles. The minimum absolute atomic E-state index is 0. The third-order valence-electron chi connectivity index (χ3n) is 0.323. The van der Waals surface area contributed by atoms with Crippen molar-refractivity contribution in [3.05, 3.63) is 0 Å². The van der Waals surface area contributed by atoms with E-state index >= 15 is 0 Å². The van der Waals surface area contributed by atoms with Gasteiger partial charge < -0.3 is 0 Å². The Kier molecular flexibility index (Phi) is 4.11. The molecule has 2 N–H and O–H groups in total. The minimum atomic E-state index is -5.34. The van der Waals surface area contributed by atoms with Crippen LogP contribution in [0.1, 0.15) is 0 Å². The van der Waals surface area contributed by atoms with Crippen LogP contribution in [-0.2, 0) is 10.0 Å². The van der Waals surface area contributed by atoms with Gasteiger partial charge in [0, 0.05) is 0 Å². The lowest BCUT2D eigenvalue weighted by Gasteiger charge is -1.98. The maximum Gasteiger partial charge on any atom is 0.511 e. The van der Waals surface area contributed by atoms with Gasteiger partial charge in [-0.3, -0.25) is 0 Å². The number of nitrogens with two attached hydrogens (primary N) is 1. The Labute approximate surface area is 65.6 Å². The fraction of sp³-hybridized carbons (Fsp3) is 1.00. The van der Waals surface area contributed by atoms with Crippen molar-refractivity contribution in [1.82, 2.24) is 0 Å². The van der Waals surface area contributed by atoms with Crippen LogP contribution < -0.4 is 5.14 Å². The first-order valence-corrected chi connectivity index (χ1v) is 2.89. The third kappa shape index (κ3) is 3.95. The molecule has 0 saturated heterocycles. The molecule has 8 heteroatoms. The van der Waals surface area contributed by atoms with Crippen LogP contribution in [-0.4, -0.2) is 37.0 Å². The van der Waals surface area contributed by atoms with E-state index in [4.69, 9.17) is 0 Å².